The molecule has 0 saturated carbocycles. The van der Waals surface area contributed by atoms with Crippen LogP contribution < -0.4 is 10.2 Å². The molecule has 1 amide bonds. The topological polar surface area (TPSA) is 78.4 Å². The van der Waals surface area contributed by atoms with Crippen molar-refractivity contribution >= 4 is 23.1 Å². The lowest BCUT2D eigenvalue weighted by Gasteiger charge is -2.16. The molecule has 0 aliphatic carbocycles. The van der Waals surface area contributed by atoms with Gasteiger partial charge in [-0.1, -0.05) is 18.2 Å². The van der Waals surface area contributed by atoms with Crippen LogP contribution in [0.1, 0.15) is 21.7 Å². The number of carbonyl (C=O) groups excluding carboxylic acids is 1. The SMILES string of the molecule is O=C(NCc1cccs1)c1ccc(-c2nccc(N3CC[C@H](O)C3)n2)cc1. The maximum Gasteiger partial charge on any atom is 0.251 e. The summed E-state index contributed by atoms with van der Waals surface area (Å²) in [6.07, 6.45) is 2.19. The van der Waals surface area contributed by atoms with E-state index in [1.54, 1.807) is 29.7 Å². The summed E-state index contributed by atoms with van der Waals surface area (Å²) < 4.78 is 0. The number of carbonyl (C=O) groups is 1. The molecule has 0 radical (unpaired) electrons. The highest BCUT2D eigenvalue weighted by molar-refractivity contribution is 7.09. The summed E-state index contributed by atoms with van der Waals surface area (Å²) in [7, 11) is 0. The predicted octanol–water partition coefficient (Wildman–Crippen LogP) is 2.71. The highest BCUT2D eigenvalue weighted by Crippen LogP contribution is 2.22. The van der Waals surface area contributed by atoms with Crippen molar-refractivity contribution in [3.63, 3.8) is 0 Å². The van der Waals surface area contributed by atoms with Gasteiger partial charge >= 0.3 is 0 Å². The maximum atomic E-state index is 12.3. The number of thiophene rings is 1. The third-order valence-corrected chi connectivity index (χ3v) is 5.41. The van der Waals surface area contributed by atoms with Crippen molar-refractivity contribution in [2.24, 2.45) is 0 Å². The van der Waals surface area contributed by atoms with Gasteiger partial charge in [0.05, 0.1) is 12.6 Å². The molecule has 1 aliphatic rings. The summed E-state index contributed by atoms with van der Waals surface area (Å²) in [6, 6.07) is 13.1. The Morgan fingerprint density at radius 1 is 1.26 bits per heavy atom. The van der Waals surface area contributed by atoms with Crippen molar-refractivity contribution in [1.82, 2.24) is 15.3 Å². The number of rotatable bonds is 5. The van der Waals surface area contributed by atoms with E-state index in [0.29, 0.717) is 24.5 Å². The molecule has 138 valence electrons. The van der Waals surface area contributed by atoms with Gasteiger partial charge in [-0.05, 0) is 36.1 Å². The zero-order valence-electron chi connectivity index (χ0n) is 14.7. The van der Waals surface area contributed by atoms with Gasteiger partial charge in [0.25, 0.3) is 5.91 Å². The lowest BCUT2D eigenvalue weighted by atomic mass is 10.1. The molecule has 1 atom stereocenters. The molecule has 3 aromatic rings. The zero-order valence-corrected chi connectivity index (χ0v) is 15.5. The van der Waals surface area contributed by atoms with Crippen molar-refractivity contribution in [3.8, 4) is 11.4 Å². The molecule has 1 fully saturated rings. The van der Waals surface area contributed by atoms with E-state index in [9.17, 15) is 9.90 Å². The van der Waals surface area contributed by atoms with Crippen molar-refractivity contribution in [3.05, 3.63) is 64.5 Å². The lowest BCUT2D eigenvalue weighted by molar-refractivity contribution is 0.0951. The first-order valence-electron chi connectivity index (χ1n) is 8.86. The summed E-state index contributed by atoms with van der Waals surface area (Å²) in [5.41, 5.74) is 1.46. The molecule has 1 saturated heterocycles. The van der Waals surface area contributed by atoms with Gasteiger partial charge < -0.3 is 15.3 Å². The summed E-state index contributed by atoms with van der Waals surface area (Å²) in [5.74, 6) is 1.32. The van der Waals surface area contributed by atoms with Gasteiger partial charge in [0.2, 0.25) is 0 Å². The Labute approximate surface area is 161 Å². The molecule has 4 rings (SSSR count). The quantitative estimate of drug-likeness (QED) is 0.712. The molecular formula is C20H20N4O2S. The number of benzene rings is 1. The highest BCUT2D eigenvalue weighted by atomic mass is 32.1. The summed E-state index contributed by atoms with van der Waals surface area (Å²) in [6.45, 7) is 1.92. The number of aliphatic hydroxyl groups excluding tert-OH is 1. The Hall–Kier alpha value is -2.77. The number of β-amino-alcohol motifs (C(OH)–C–C–N with tert-alkyl or cyclic N) is 1. The fourth-order valence-corrected chi connectivity index (χ4v) is 3.71. The van der Waals surface area contributed by atoms with Crippen LogP contribution in [-0.4, -0.2) is 40.2 Å². The number of nitrogens with zero attached hydrogens (tertiary/aromatic N) is 3. The second kappa shape index (κ2) is 7.85. The average molecular weight is 380 g/mol. The minimum atomic E-state index is -0.296. The molecule has 3 heterocycles. The van der Waals surface area contributed by atoms with E-state index in [1.165, 1.54) is 0 Å². The largest absolute Gasteiger partial charge is 0.391 e. The molecule has 1 aliphatic heterocycles. The van der Waals surface area contributed by atoms with Crippen LogP contribution in [0, 0.1) is 0 Å². The fourth-order valence-electron chi connectivity index (χ4n) is 3.07. The second-order valence-electron chi connectivity index (χ2n) is 6.47. The van der Waals surface area contributed by atoms with Crippen LogP contribution in [0.5, 0.6) is 0 Å². The van der Waals surface area contributed by atoms with E-state index >= 15 is 0 Å². The van der Waals surface area contributed by atoms with Crippen molar-refractivity contribution in [2.45, 2.75) is 19.1 Å². The lowest BCUT2D eigenvalue weighted by Crippen LogP contribution is -2.22. The molecule has 2 aromatic heterocycles. The molecular weight excluding hydrogens is 360 g/mol. The van der Waals surface area contributed by atoms with Crippen LogP contribution in [0.15, 0.2) is 54.0 Å². The van der Waals surface area contributed by atoms with Gasteiger partial charge in [0, 0.05) is 35.3 Å². The Morgan fingerprint density at radius 2 is 2.11 bits per heavy atom. The van der Waals surface area contributed by atoms with Crippen LogP contribution in [0.4, 0.5) is 5.82 Å². The smallest absolute Gasteiger partial charge is 0.251 e. The van der Waals surface area contributed by atoms with Crippen molar-refractivity contribution in [1.29, 1.82) is 0 Å². The zero-order chi connectivity index (χ0) is 18.6. The Morgan fingerprint density at radius 3 is 2.81 bits per heavy atom. The minimum absolute atomic E-state index is 0.101. The average Bonchev–Trinajstić information content (AvgIpc) is 3.38. The molecule has 0 spiro atoms. The predicted molar refractivity (Wildman–Crippen MR) is 106 cm³/mol. The number of nitrogens with one attached hydrogen (secondary N) is 1. The normalized spacial score (nSPS) is 16.5. The number of aromatic nitrogens is 2. The third-order valence-electron chi connectivity index (χ3n) is 4.54. The highest BCUT2D eigenvalue weighted by Gasteiger charge is 2.21. The van der Waals surface area contributed by atoms with E-state index in [0.717, 1.165) is 29.2 Å². The molecule has 1 aromatic carbocycles. The van der Waals surface area contributed by atoms with Gasteiger partial charge in [0.1, 0.15) is 5.82 Å². The van der Waals surface area contributed by atoms with Crippen molar-refractivity contribution < 1.29 is 9.90 Å². The number of aliphatic hydroxyl groups is 1. The molecule has 7 heteroatoms. The second-order valence-corrected chi connectivity index (χ2v) is 7.50. The number of hydrogen-bond acceptors (Lipinski definition) is 6. The number of amides is 1. The van der Waals surface area contributed by atoms with E-state index in [4.69, 9.17) is 0 Å². The Kier molecular flexibility index (Phi) is 5.13. The van der Waals surface area contributed by atoms with E-state index in [1.807, 2.05) is 35.7 Å². The number of anilines is 1. The van der Waals surface area contributed by atoms with E-state index in [-0.39, 0.29) is 12.0 Å². The van der Waals surface area contributed by atoms with Crippen LogP contribution in [0.25, 0.3) is 11.4 Å². The van der Waals surface area contributed by atoms with E-state index < -0.39 is 0 Å². The van der Waals surface area contributed by atoms with Gasteiger partial charge in [-0.25, -0.2) is 9.97 Å². The number of hydrogen-bond donors (Lipinski definition) is 2. The summed E-state index contributed by atoms with van der Waals surface area (Å²) in [4.78, 5) is 24.4. The van der Waals surface area contributed by atoms with Crippen LogP contribution in [-0.2, 0) is 6.54 Å². The standard InChI is InChI=1S/C20H20N4O2S/c25-16-8-10-24(13-16)18-7-9-21-19(23-18)14-3-5-15(6-4-14)20(26)22-12-17-2-1-11-27-17/h1-7,9,11,16,25H,8,10,12-13H2,(H,22,26)/t16-/m0/s1. The van der Waals surface area contributed by atoms with Gasteiger partial charge in [-0.15, -0.1) is 11.3 Å². The Bertz CT molecular complexity index is 912. The molecule has 0 bridgehead atoms. The minimum Gasteiger partial charge on any atom is -0.391 e. The van der Waals surface area contributed by atoms with Crippen LogP contribution >= 0.6 is 11.3 Å². The van der Waals surface area contributed by atoms with Crippen LogP contribution in [0.2, 0.25) is 0 Å². The fraction of sp³-hybridized carbons (Fsp3) is 0.250. The van der Waals surface area contributed by atoms with Gasteiger partial charge in [-0.2, -0.15) is 0 Å². The molecule has 27 heavy (non-hydrogen) atoms. The van der Waals surface area contributed by atoms with Gasteiger partial charge in [-0.3, -0.25) is 4.79 Å². The summed E-state index contributed by atoms with van der Waals surface area (Å²) in [5, 5.41) is 14.6. The van der Waals surface area contributed by atoms with Gasteiger partial charge in [0.15, 0.2) is 5.82 Å². The third kappa shape index (κ3) is 4.15. The van der Waals surface area contributed by atoms with E-state index in [2.05, 4.69) is 20.2 Å². The van der Waals surface area contributed by atoms with Crippen molar-refractivity contribution in [2.75, 3.05) is 18.0 Å². The maximum absolute atomic E-state index is 12.3. The first kappa shape index (κ1) is 17.6. The molecule has 0 unspecified atom stereocenters. The Balaban J connectivity index is 1.45. The first-order chi connectivity index (χ1) is 13.2. The molecule has 6 nitrogen and oxygen atoms in total. The monoisotopic (exact) mass is 380 g/mol. The molecule has 2 N–H and O–H groups in total. The summed E-state index contributed by atoms with van der Waals surface area (Å²) >= 11 is 1.62. The van der Waals surface area contributed by atoms with Crippen LogP contribution in [0.3, 0.4) is 0 Å². The first-order valence-corrected chi connectivity index (χ1v) is 9.74.